The molecule has 3 rings (SSSR count). The Hall–Kier alpha value is -2.63. The van der Waals surface area contributed by atoms with Gasteiger partial charge in [0.25, 0.3) is 5.91 Å². The van der Waals surface area contributed by atoms with Crippen molar-refractivity contribution in [3.8, 4) is 17.7 Å². The molecular weight excluding hydrogens is 398 g/mol. The number of amides is 2. The van der Waals surface area contributed by atoms with Crippen LogP contribution in [0.5, 0.6) is 5.88 Å². The Labute approximate surface area is 183 Å². The molecule has 31 heavy (non-hydrogen) atoms. The fraction of sp³-hybridized carbons (Fsp3) is 0.609. The average Bonchev–Trinajstić information content (AvgIpc) is 3.61. The number of aliphatic hydroxyl groups excluding tert-OH is 1. The summed E-state index contributed by atoms with van der Waals surface area (Å²) in [6, 6.07) is 1.30. The lowest BCUT2D eigenvalue weighted by Crippen LogP contribution is -2.50. The van der Waals surface area contributed by atoms with E-state index in [1.54, 1.807) is 43.1 Å². The number of fused-ring (bicyclic) bond motifs is 1. The maximum Gasteiger partial charge on any atom is 0.259 e. The van der Waals surface area contributed by atoms with Crippen molar-refractivity contribution in [3.63, 3.8) is 0 Å². The molecule has 8 nitrogen and oxygen atoms in total. The van der Waals surface area contributed by atoms with Gasteiger partial charge in [-0.3, -0.25) is 9.59 Å². The molecule has 0 saturated heterocycles. The van der Waals surface area contributed by atoms with Crippen molar-refractivity contribution >= 4 is 11.8 Å². The molecule has 0 bridgehead atoms. The van der Waals surface area contributed by atoms with E-state index in [0.29, 0.717) is 24.2 Å². The van der Waals surface area contributed by atoms with Gasteiger partial charge in [-0.2, -0.15) is 0 Å². The quantitative estimate of drug-likeness (QED) is 0.683. The number of carbonyl (C=O) groups excluding carboxylic acids is 2. The molecule has 2 heterocycles. The van der Waals surface area contributed by atoms with Gasteiger partial charge in [0.1, 0.15) is 18.3 Å². The highest BCUT2D eigenvalue weighted by molar-refractivity contribution is 5.97. The van der Waals surface area contributed by atoms with E-state index in [4.69, 9.17) is 9.47 Å². The molecule has 8 heteroatoms. The molecule has 0 spiro atoms. The Morgan fingerprint density at radius 1 is 1.48 bits per heavy atom. The van der Waals surface area contributed by atoms with Crippen molar-refractivity contribution in [3.05, 3.63) is 23.4 Å². The molecule has 2 aliphatic rings. The van der Waals surface area contributed by atoms with Crippen molar-refractivity contribution in [1.82, 2.24) is 14.8 Å². The Bertz CT molecular complexity index is 874. The molecule has 1 fully saturated rings. The molecule has 0 aromatic carbocycles. The Morgan fingerprint density at radius 3 is 2.87 bits per heavy atom. The number of methoxy groups -OCH3 is 1. The van der Waals surface area contributed by atoms with Gasteiger partial charge >= 0.3 is 0 Å². The van der Waals surface area contributed by atoms with E-state index in [0.717, 1.165) is 12.8 Å². The third-order valence-electron chi connectivity index (χ3n) is 5.73. The van der Waals surface area contributed by atoms with E-state index in [1.165, 1.54) is 0 Å². The second-order valence-electron chi connectivity index (χ2n) is 8.43. The zero-order valence-electron chi connectivity index (χ0n) is 18.6. The number of hydrogen-bond donors (Lipinski definition) is 1. The summed E-state index contributed by atoms with van der Waals surface area (Å²) in [5, 5.41) is 9.72. The first-order valence-electron chi connectivity index (χ1n) is 10.7. The molecule has 1 aliphatic heterocycles. The first-order valence-corrected chi connectivity index (χ1v) is 10.7. The van der Waals surface area contributed by atoms with Crippen LogP contribution in [0.3, 0.4) is 0 Å². The largest absolute Gasteiger partial charge is 0.472 e. The van der Waals surface area contributed by atoms with E-state index in [2.05, 4.69) is 16.8 Å². The number of hydrogen-bond acceptors (Lipinski definition) is 6. The van der Waals surface area contributed by atoms with Crippen LogP contribution in [0, 0.1) is 23.7 Å². The number of likely N-dealkylation sites (N-methyl/N-ethyl adjacent to an activating group) is 1. The van der Waals surface area contributed by atoms with Gasteiger partial charge in [0.2, 0.25) is 11.8 Å². The summed E-state index contributed by atoms with van der Waals surface area (Å²) >= 11 is 0. The van der Waals surface area contributed by atoms with Crippen LogP contribution in [0.4, 0.5) is 0 Å². The lowest BCUT2D eigenvalue weighted by molar-refractivity contribution is -0.132. The molecule has 3 atom stereocenters. The summed E-state index contributed by atoms with van der Waals surface area (Å²) in [7, 11) is 3.35. The molecule has 2 amide bonds. The minimum Gasteiger partial charge on any atom is -0.472 e. The van der Waals surface area contributed by atoms with Gasteiger partial charge < -0.3 is 24.4 Å². The molecule has 1 N–H and O–H groups in total. The fourth-order valence-corrected chi connectivity index (χ4v) is 3.60. The lowest BCUT2D eigenvalue weighted by Gasteiger charge is -2.37. The van der Waals surface area contributed by atoms with Crippen molar-refractivity contribution in [1.29, 1.82) is 0 Å². The van der Waals surface area contributed by atoms with E-state index in [-0.39, 0.29) is 54.9 Å². The molecular formula is C23H31N3O5. The molecule has 1 aromatic rings. The van der Waals surface area contributed by atoms with Crippen molar-refractivity contribution in [2.45, 2.75) is 38.8 Å². The van der Waals surface area contributed by atoms with Gasteiger partial charge in [-0.15, -0.1) is 0 Å². The summed E-state index contributed by atoms with van der Waals surface area (Å²) < 4.78 is 11.1. The van der Waals surface area contributed by atoms with E-state index >= 15 is 0 Å². The van der Waals surface area contributed by atoms with Crippen LogP contribution in [0.2, 0.25) is 0 Å². The molecule has 168 valence electrons. The number of nitrogens with zero attached hydrogens (tertiary/aromatic N) is 3. The van der Waals surface area contributed by atoms with Crippen LogP contribution < -0.4 is 4.74 Å². The van der Waals surface area contributed by atoms with Crippen LogP contribution in [0.25, 0.3) is 0 Å². The number of carbonyl (C=O) groups is 2. The number of aromatic nitrogens is 1. The van der Waals surface area contributed by atoms with E-state index in [1.807, 2.05) is 6.92 Å². The highest BCUT2D eigenvalue weighted by Crippen LogP contribution is 2.32. The zero-order chi connectivity index (χ0) is 22.5. The molecule has 1 aromatic heterocycles. The average molecular weight is 430 g/mol. The minimum atomic E-state index is -0.365. The van der Waals surface area contributed by atoms with Gasteiger partial charge in [-0.05, 0) is 25.8 Å². The first-order chi connectivity index (χ1) is 14.8. The normalized spacial score (nSPS) is 21.7. The van der Waals surface area contributed by atoms with Gasteiger partial charge in [0.05, 0.1) is 19.2 Å². The van der Waals surface area contributed by atoms with Gasteiger partial charge in [-0.25, -0.2) is 4.98 Å². The van der Waals surface area contributed by atoms with Gasteiger partial charge in [0.15, 0.2) is 0 Å². The Balaban J connectivity index is 1.93. The predicted octanol–water partition coefficient (Wildman–Crippen LogP) is 1.17. The Kier molecular flexibility index (Phi) is 7.52. The maximum absolute atomic E-state index is 13.3. The van der Waals surface area contributed by atoms with Crippen molar-refractivity contribution < 1.29 is 24.2 Å². The smallest absolute Gasteiger partial charge is 0.259 e. The topological polar surface area (TPSA) is 92.2 Å². The van der Waals surface area contributed by atoms with E-state index < -0.39 is 0 Å². The number of aliphatic hydroxyl groups is 1. The van der Waals surface area contributed by atoms with Gasteiger partial charge in [-0.1, -0.05) is 18.8 Å². The lowest BCUT2D eigenvalue weighted by atomic mass is 9.99. The SMILES string of the molecule is COCC#Cc1cnc2c(c1)C(=O)N([C@H](C)CO)C[C@H](C)[C@@H](CN(C)C(=O)C1CC1)O2. The molecule has 1 aliphatic carbocycles. The van der Waals surface area contributed by atoms with Crippen LogP contribution in [-0.2, 0) is 9.53 Å². The van der Waals surface area contributed by atoms with E-state index in [9.17, 15) is 14.7 Å². The standard InChI is InChI=1S/C23H31N3O5/c1-15-12-26(16(2)14-27)23(29)19-10-17(6-5-9-30-4)11-24-21(19)31-20(15)13-25(3)22(28)18-7-8-18/h10-11,15-16,18,20,27H,7-9,12-14H2,1-4H3/t15-,16+,20+/m0/s1. The van der Waals surface area contributed by atoms with Crippen LogP contribution in [0.1, 0.15) is 42.6 Å². The Morgan fingerprint density at radius 2 is 2.23 bits per heavy atom. The fourth-order valence-electron chi connectivity index (χ4n) is 3.60. The first kappa shape index (κ1) is 23.0. The molecule has 1 saturated carbocycles. The zero-order valence-corrected chi connectivity index (χ0v) is 18.6. The predicted molar refractivity (Wildman–Crippen MR) is 115 cm³/mol. The van der Waals surface area contributed by atoms with Crippen LogP contribution in [-0.4, -0.2) is 84.3 Å². The molecule has 0 unspecified atom stereocenters. The second-order valence-corrected chi connectivity index (χ2v) is 8.43. The third kappa shape index (κ3) is 5.54. The maximum atomic E-state index is 13.3. The third-order valence-corrected chi connectivity index (χ3v) is 5.73. The number of ether oxygens (including phenoxy) is 2. The highest BCUT2D eigenvalue weighted by Gasteiger charge is 2.37. The minimum absolute atomic E-state index is 0.0662. The summed E-state index contributed by atoms with van der Waals surface area (Å²) in [4.78, 5) is 33.5. The monoisotopic (exact) mass is 429 g/mol. The summed E-state index contributed by atoms with van der Waals surface area (Å²) in [5.41, 5.74) is 0.883. The number of rotatable bonds is 6. The number of pyridine rings is 1. The molecule has 0 radical (unpaired) electrons. The van der Waals surface area contributed by atoms with Crippen LogP contribution >= 0.6 is 0 Å². The van der Waals surface area contributed by atoms with Gasteiger partial charge in [0, 0.05) is 44.3 Å². The summed E-state index contributed by atoms with van der Waals surface area (Å²) in [6.07, 6.45) is 3.11. The van der Waals surface area contributed by atoms with Crippen molar-refractivity contribution in [2.75, 3.05) is 40.5 Å². The summed E-state index contributed by atoms with van der Waals surface area (Å²) in [6.45, 7) is 4.72. The van der Waals surface area contributed by atoms with Crippen LogP contribution in [0.15, 0.2) is 12.3 Å². The summed E-state index contributed by atoms with van der Waals surface area (Å²) in [5.74, 6) is 5.94. The van der Waals surface area contributed by atoms with Crippen molar-refractivity contribution in [2.24, 2.45) is 11.8 Å². The highest BCUT2D eigenvalue weighted by atomic mass is 16.5. The second kappa shape index (κ2) is 10.1.